The van der Waals surface area contributed by atoms with E-state index in [4.69, 9.17) is 5.73 Å². The summed E-state index contributed by atoms with van der Waals surface area (Å²) in [4.78, 5) is 18.1. The molecule has 0 amide bonds. The minimum absolute atomic E-state index is 0.249. The van der Waals surface area contributed by atoms with Crippen molar-refractivity contribution in [3.63, 3.8) is 0 Å². The molecule has 0 atom stereocenters. The fourth-order valence-electron chi connectivity index (χ4n) is 6.37. The van der Waals surface area contributed by atoms with E-state index < -0.39 is 9.84 Å². The third-order valence-electron chi connectivity index (χ3n) is 8.69. The van der Waals surface area contributed by atoms with Crippen molar-refractivity contribution in [2.45, 2.75) is 28.7 Å². The first-order valence-electron chi connectivity index (χ1n) is 14.5. The molecule has 0 spiro atoms. The number of halogens is 1. The maximum Gasteiger partial charge on any atom is 0.206 e. The SMILES string of the molecule is Nc1ncnc2c1c(-c1ccc(F)cc1)cn2C1CCN(CC2CN(c3ccc(S(=O)(=O)c4ccncc4)cc3)C2)CC1. The predicted molar refractivity (Wildman–Crippen MR) is 164 cm³/mol. The topological polar surface area (TPSA) is 110 Å². The highest BCUT2D eigenvalue weighted by atomic mass is 32.2. The second-order valence-corrected chi connectivity index (χ2v) is 13.3. The zero-order valence-electron chi connectivity index (χ0n) is 23.6. The first-order valence-corrected chi connectivity index (χ1v) is 15.9. The fraction of sp³-hybridized carbons (Fsp3) is 0.281. The molecule has 9 nitrogen and oxygen atoms in total. The van der Waals surface area contributed by atoms with Gasteiger partial charge in [-0.25, -0.2) is 22.8 Å². The minimum Gasteiger partial charge on any atom is -0.383 e. The highest BCUT2D eigenvalue weighted by molar-refractivity contribution is 7.91. The van der Waals surface area contributed by atoms with Crippen molar-refractivity contribution in [3.8, 4) is 11.1 Å². The molecule has 3 aromatic heterocycles. The Kier molecular flexibility index (Phi) is 7.06. The number of nitrogens with two attached hydrogens (primary N) is 1. The molecule has 0 unspecified atom stereocenters. The van der Waals surface area contributed by atoms with Crippen LogP contribution in [0.4, 0.5) is 15.9 Å². The fourth-order valence-corrected chi connectivity index (χ4v) is 7.61. The third kappa shape index (κ3) is 5.23. The average molecular weight is 598 g/mol. The van der Waals surface area contributed by atoms with Crippen molar-refractivity contribution >= 4 is 32.4 Å². The molecule has 2 saturated heterocycles. The molecule has 0 saturated carbocycles. The van der Waals surface area contributed by atoms with Crippen LogP contribution in [-0.2, 0) is 9.84 Å². The molecule has 43 heavy (non-hydrogen) atoms. The van der Waals surface area contributed by atoms with Gasteiger partial charge in [0.05, 0.1) is 15.2 Å². The first-order chi connectivity index (χ1) is 20.9. The van der Waals surface area contributed by atoms with E-state index in [0.29, 0.717) is 17.8 Å². The summed E-state index contributed by atoms with van der Waals surface area (Å²) in [6.45, 7) is 4.94. The molecular weight excluding hydrogens is 565 g/mol. The molecule has 2 fully saturated rings. The van der Waals surface area contributed by atoms with E-state index in [1.54, 1.807) is 24.3 Å². The van der Waals surface area contributed by atoms with Gasteiger partial charge in [-0.15, -0.1) is 0 Å². The van der Waals surface area contributed by atoms with Crippen LogP contribution in [0.15, 0.2) is 95.4 Å². The number of nitrogen functional groups attached to an aromatic ring is 1. The van der Waals surface area contributed by atoms with Gasteiger partial charge in [0.15, 0.2) is 0 Å². The van der Waals surface area contributed by atoms with Crippen LogP contribution in [0.5, 0.6) is 0 Å². The maximum absolute atomic E-state index is 13.6. The van der Waals surface area contributed by atoms with Crippen LogP contribution < -0.4 is 10.6 Å². The standard InChI is InChI=1S/C32H32FN7O2S/c33-24-3-1-23(2-4-24)29-20-40(32-30(29)31(34)36-21-37-32)26-11-15-38(16-12-26)17-22-18-39(19-22)25-5-7-27(8-6-25)43(41,42)28-9-13-35-14-10-28/h1-10,13-14,20-22,26H,11-12,15-19H2,(H2,34,36,37). The van der Waals surface area contributed by atoms with Crippen LogP contribution in [0.1, 0.15) is 18.9 Å². The number of aromatic nitrogens is 4. The molecule has 5 aromatic rings. The number of rotatable bonds is 7. The van der Waals surface area contributed by atoms with Crippen molar-refractivity contribution in [3.05, 3.63) is 91.4 Å². The highest BCUT2D eigenvalue weighted by Crippen LogP contribution is 2.37. The van der Waals surface area contributed by atoms with Crippen LogP contribution in [0.2, 0.25) is 0 Å². The van der Waals surface area contributed by atoms with Crippen LogP contribution in [-0.4, -0.2) is 65.6 Å². The molecule has 7 rings (SSSR count). The van der Waals surface area contributed by atoms with Gasteiger partial charge in [-0.05, 0) is 66.9 Å². The molecule has 220 valence electrons. The molecule has 2 aromatic carbocycles. The molecule has 11 heteroatoms. The third-order valence-corrected chi connectivity index (χ3v) is 10.5. The van der Waals surface area contributed by atoms with E-state index in [2.05, 4.69) is 35.5 Å². The van der Waals surface area contributed by atoms with Gasteiger partial charge in [-0.3, -0.25) is 4.98 Å². The summed E-state index contributed by atoms with van der Waals surface area (Å²) in [6.07, 6.45) is 8.59. The Morgan fingerprint density at radius 2 is 1.56 bits per heavy atom. The van der Waals surface area contributed by atoms with E-state index in [0.717, 1.165) is 73.4 Å². The van der Waals surface area contributed by atoms with E-state index >= 15 is 0 Å². The van der Waals surface area contributed by atoms with E-state index in [1.165, 1.54) is 43.0 Å². The number of likely N-dealkylation sites (tertiary alicyclic amines) is 1. The smallest absolute Gasteiger partial charge is 0.206 e. The van der Waals surface area contributed by atoms with Crippen molar-refractivity contribution in [2.75, 3.05) is 43.4 Å². The molecule has 0 bridgehead atoms. The molecule has 2 N–H and O–H groups in total. The molecule has 0 aliphatic carbocycles. The number of fused-ring (bicyclic) bond motifs is 1. The Labute approximate surface area is 249 Å². The summed E-state index contributed by atoms with van der Waals surface area (Å²) in [7, 11) is -3.55. The van der Waals surface area contributed by atoms with Gasteiger partial charge in [-0.1, -0.05) is 12.1 Å². The summed E-state index contributed by atoms with van der Waals surface area (Å²) < 4.78 is 41.5. The van der Waals surface area contributed by atoms with Gasteiger partial charge in [0.25, 0.3) is 0 Å². The predicted octanol–water partition coefficient (Wildman–Crippen LogP) is 4.82. The summed E-state index contributed by atoms with van der Waals surface area (Å²) in [5.41, 5.74) is 9.97. The number of benzene rings is 2. The highest BCUT2D eigenvalue weighted by Gasteiger charge is 2.31. The van der Waals surface area contributed by atoms with Crippen molar-refractivity contribution < 1.29 is 12.8 Å². The average Bonchev–Trinajstić information content (AvgIpc) is 3.41. The maximum atomic E-state index is 13.6. The van der Waals surface area contributed by atoms with Gasteiger partial charge in [-0.2, -0.15) is 0 Å². The first kappa shape index (κ1) is 27.5. The lowest BCUT2D eigenvalue weighted by atomic mass is 9.96. The van der Waals surface area contributed by atoms with Crippen molar-refractivity contribution in [2.24, 2.45) is 5.92 Å². The normalized spacial score (nSPS) is 16.9. The van der Waals surface area contributed by atoms with Crippen molar-refractivity contribution in [1.29, 1.82) is 0 Å². The molecule has 2 aliphatic heterocycles. The molecule has 2 aliphatic rings. The number of hydrogen-bond acceptors (Lipinski definition) is 8. The summed E-state index contributed by atoms with van der Waals surface area (Å²) >= 11 is 0. The van der Waals surface area contributed by atoms with Crippen LogP contribution in [0, 0.1) is 11.7 Å². The van der Waals surface area contributed by atoms with Crippen LogP contribution in [0.25, 0.3) is 22.2 Å². The van der Waals surface area contributed by atoms with Crippen molar-refractivity contribution in [1.82, 2.24) is 24.4 Å². The van der Waals surface area contributed by atoms with Gasteiger partial charge in [0.1, 0.15) is 23.6 Å². The van der Waals surface area contributed by atoms with Crippen LogP contribution >= 0.6 is 0 Å². The lowest BCUT2D eigenvalue weighted by Gasteiger charge is -2.44. The quantitative estimate of drug-likeness (QED) is 0.284. The number of sulfone groups is 1. The summed E-state index contributed by atoms with van der Waals surface area (Å²) in [5.74, 6) is 0.728. The zero-order chi connectivity index (χ0) is 29.6. The Bertz CT molecular complexity index is 1850. The molecule has 0 radical (unpaired) electrons. The van der Waals surface area contributed by atoms with Gasteiger partial charge < -0.3 is 20.1 Å². The second kappa shape index (κ2) is 11.1. The summed E-state index contributed by atoms with van der Waals surface area (Å²) in [5, 5.41) is 0.814. The Hall–Kier alpha value is -4.35. The Morgan fingerprint density at radius 3 is 2.26 bits per heavy atom. The number of hydrogen-bond donors (Lipinski definition) is 1. The summed E-state index contributed by atoms with van der Waals surface area (Å²) in [6, 6.07) is 17.0. The largest absolute Gasteiger partial charge is 0.383 e. The van der Waals surface area contributed by atoms with E-state index in [1.807, 2.05) is 12.1 Å². The van der Waals surface area contributed by atoms with E-state index in [9.17, 15) is 12.8 Å². The number of anilines is 2. The zero-order valence-corrected chi connectivity index (χ0v) is 24.4. The Morgan fingerprint density at radius 1 is 0.884 bits per heavy atom. The number of piperidine rings is 1. The van der Waals surface area contributed by atoms with Crippen LogP contribution in [0.3, 0.4) is 0 Å². The Balaban J connectivity index is 0.962. The van der Waals surface area contributed by atoms with E-state index in [-0.39, 0.29) is 15.6 Å². The number of pyridine rings is 1. The molecule has 5 heterocycles. The van der Waals surface area contributed by atoms with Gasteiger partial charge >= 0.3 is 0 Å². The molecular formula is C32H32FN7O2S. The lowest BCUT2D eigenvalue weighted by Crippen LogP contribution is -2.52. The monoisotopic (exact) mass is 597 g/mol. The minimum atomic E-state index is -3.55. The second-order valence-electron chi connectivity index (χ2n) is 11.4. The lowest BCUT2D eigenvalue weighted by molar-refractivity contribution is 0.153. The van der Waals surface area contributed by atoms with Gasteiger partial charge in [0, 0.05) is 74.5 Å². The van der Waals surface area contributed by atoms with Gasteiger partial charge in [0.2, 0.25) is 9.84 Å². The number of nitrogens with zero attached hydrogens (tertiary/aromatic N) is 6.